The average Bonchev–Trinajstić information content (AvgIpc) is 2.44. The monoisotopic (exact) mass is 296 g/mol. The van der Waals surface area contributed by atoms with Gasteiger partial charge in [-0.05, 0) is 12.1 Å². The molecule has 1 aromatic rings. The molecule has 0 spiro atoms. The lowest BCUT2D eigenvalue weighted by Gasteiger charge is -2.19. The van der Waals surface area contributed by atoms with Crippen molar-refractivity contribution in [3.8, 4) is 5.75 Å². The normalized spacial score (nSPS) is 12.7. The molecule has 0 heterocycles. The maximum absolute atomic E-state index is 12.0. The Kier molecular flexibility index (Phi) is 5.99. The molecule has 1 unspecified atom stereocenters. The van der Waals surface area contributed by atoms with Crippen LogP contribution in [0.4, 0.5) is 11.4 Å². The van der Waals surface area contributed by atoms with Gasteiger partial charge in [-0.25, -0.2) is 0 Å². The summed E-state index contributed by atoms with van der Waals surface area (Å²) in [6.07, 6.45) is -0.823. The SMILES string of the molecule is COc1cc(NCC(O)CO)ccc1NC(=O)C(C)(C)C. The highest BCUT2D eigenvalue weighted by molar-refractivity contribution is 5.96. The first-order chi connectivity index (χ1) is 9.77. The van der Waals surface area contributed by atoms with E-state index in [0.717, 1.165) is 5.69 Å². The van der Waals surface area contributed by atoms with Crippen molar-refractivity contribution in [3.63, 3.8) is 0 Å². The fraction of sp³-hybridized carbons (Fsp3) is 0.533. The number of aliphatic hydroxyl groups excluding tert-OH is 2. The van der Waals surface area contributed by atoms with Crippen LogP contribution in [0.25, 0.3) is 0 Å². The molecule has 1 aromatic carbocycles. The first-order valence-corrected chi connectivity index (χ1v) is 6.80. The van der Waals surface area contributed by atoms with Crippen LogP contribution in [0.2, 0.25) is 0 Å². The minimum atomic E-state index is -0.823. The number of hydrogen-bond donors (Lipinski definition) is 4. The molecule has 0 radical (unpaired) electrons. The van der Waals surface area contributed by atoms with Gasteiger partial charge in [-0.3, -0.25) is 4.79 Å². The highest BCUT2D eigenvalue weighted by atomic mass is 16.5. The molecule has 0 saturated carbocycles. The summed E-state index contributed by atoms with van der Waals surface area (Å²) >= 11 is 0. The molecular weight excluding hydrogens is 272 g/mol. The van der Waals surface area contributed by atoms with E-state index in [-0.39, 0.29) is 19.1 Å². The highest BCUT2D eigenvalue weighted by Gasteiger charge is 2.22. The number of amides is 1. The number of carbonyl (C=O) groups is 1. The largest absolute Gasteiger partial charge is 0.494 e. The Bertz CT molecular complexity index is 483. The molecule has 0 fully saturated rings. The summed E-state index contributed by atoms with van der Waals surface area (Å²) in [6, 6.07) is 5.23. The summed E-state index contributed by atoms with van der Waals surface area (Å²) in [7, 11) is 1.52. The molecule has 4 N–H and O–H groups in total. The molecule has 0 aliphatic heterocycles. The number of hydrogen-bond acceptors (Lipinski definition) is 5. The van der Waals surface area contributed by atoms with Gasteiger partial charge in [0.15, 0.2) is 0 Å². The third kappa shape index (κ3) is 5.24. The van der Waals surface area contributed by atoms with Crippen LogP contribution in [0, 0.1) is 5.41 Å². The van der Waals surface area contributed by atoms with Gasteiger partial charge in [0.2, 0.25) is 5.91 Å². The van der Waals surface area contributed by atoms with Crippen LogP contribution in [-0.4, -0.2) is 42.5 Å². The number of carbonyl (C=O) groups excluding carboxylic acids is 1. The summed E-state index contributed by atoms with van der Waals surface area (Å²) in [5.41, 5.74) is 0.825. The summed E-state index contributed by atoms with van der Waals surface area (Å²) in [6.45, 7) is 5.43. The van der Waals surface area contributed by atoms with E-state index in [1.54, 1.807) is 18.2 Å². The van der Waals surface area contributed by atoms with Gasteiger partial charge < -0.3 is 25.6 Å². The molecular formula is C15H24N2O4. The third-order valence-electron chi connectivity index (χ3n) is 2.88. The molecule has 0 aromatic heterocycles. The molecule has 1 atom stereocenters. The molecule has 0 bridgehead atoms. The van der Waals surface area contributed by atoms with Crippen LogP contribution in [0.5, 0.6) is 5.75 Å². The first-order valence-electron chi connectivity index (χ1n) is 6.80. The zero-order valence-electron chi connectivity index (χ0n) is 12.9. The summed E-state index contributed by atoms with van der Waals surface area (Å²) in [5.74, 6) is 0.424. The van der Waals surface area contributed by atoms with Crippen LogP contribution in [0.1, 0.15) is 20.8 Å². The van der Waals surface area contributed by atoms with E-state index in [4.69, 9.17) is 9.84 Å². The highest BCUT2D eigenvalue weighted by Crippen LogP contribution is 2.29. The van der Waals surface area contributed by atoms with E-state index >= 15 is 0 Å². The van der Waals surface area contributed by atoms with Gasteiger partial charge in [-0.2, -0.15) is 0 Å². The number of ether oxygens (including phenoxy) is 1. The molecule has 6 nitrogen and oxygen atoms in total. The number of benzene rings is 1. The van der Waals surface area contributed by atoms with Gasteiger partial charge in [-0.15, -0.1) is 0 Å². The standard InChI is InChI=1S/C15H24N2O4/c1-15(2,3)14(20)17-12-6-5-10(7-13(12)21-4)16-8-11(19)9-18/h5-7,11,16,18-19H,8-9H2,1-4H3,(H,17,20). The van der Waals surface area contributed by atoms with Gasteiger partial charge in [-0.1, -0.05) is 20.8 Å². The Morgan fingerprint density at radius 3 is 2.57 bits per heavy atom. The van der Waals surface area contributed by atoms with E-state index < -0.39 is 11.5 Å². The second-order valence-electron chi connectivity index (χ2n) is 5.84. The summed E-state index contributed by atoms with van der Waals surface area (Å²) < 4.78 is 5.27. The van der Waals surface area contributed by atoms with Crippen molar-refractivity contribution >= 4 is 17.3 Å². The summed E-state index contributed by atoms with van der Waals surface area (Å²) in [4.78, 5) is 12.0. The van der Waals surface area contributed by atoms with E-state index in [9.17, 15) is 9.90 Å². The number of aliphatic hydroxyl groups is 2. The third-order valence-corrected chi connectivity index (χ3v) is 2.88. The predicted molar refractivity (Wildman–Crippen MR) is 82.7 cm³/mol. The fourth-order valence-corrected chi connectivity index (χ4v) is 1.51. The maximum atomic E-state index is 12.0. The molecule has 0 saturated heterocycles. The van der Waals surface area contributed by atoms with E-state index in [0.29, 0.717) is 11.4 Å². The number of rotatable bonds is 6. The molecule has 0 aliphatic rings. The van der Waals surface area contributed by atoms with Crippen LogP contribution in [0.3, 0.4) is 0 Å². The number of anilines is 2. The van der Waals surface area contributed by atoms with Crippen LogP contribution in [-0.2, 0) is 4.79 Å². The second-order valence-corrected chi connectivity index (χ2v) is 5.84. The van der Waals surface area contributed by atoms with Crippen LogP contribution < -0.4 is 15.4 Å². The molecule has 1 rings (SSSR count). The minimum Gasteiger partial charge on any atom is -0.494 e. The summed E-state index contributed by atoms with van der Waals surface area (Å²) in [5, 5.41) is 23.9. The van der Waals surface area contributed by atoms with Crippen molar-refractivity contribution in [2.24, 2.45) is 5.41 Å². The van der Waals surface area contributed by atoms with Crippen molar-refractivity contribution < 1.29 is 19.7 Å². The Morgan fingerprint density at radius 1 is 1.38 bits per heavy atom. The fourth-order valence-electron chi connectivity index (χ4n) is 1.51. The molecule has 6 heteroatoms. The van der Waals surface area contributed by atoms with Gasteiger partial charge in [0.05, 0.1) is 25.5 Å². The van der Waals surface area contributed by atoms with Crippen LogP contribution in [0.15, 0.2) is 18.2 Å². The Labute approximate surface area is 125 Å². The predicted octanol–water partition coefficient (Wildman–Crippen LogP) is 1.44. The zero-order valence-corrected chi connectivity index (χ0v) is 12.9. The Balaban J connectivity index is 2.82. The molecule has 0 aliphatic carbocycles. The topological polar surface area (TPSA) is 90.8 Å². The Hall–Kier alpha value is -1.79. The average molecular weight is 296 g/mol. The molecule has 21 heavy (non-hydrogen) atoms. The lowest BCUT2D eigenvalue weighted by atomic mass is 9.95. The van der Waals surface area contributed by atoms with Crippen LogP contribution >= 0.6 is 0 Å². The minimum absolute atomic E-state index is 0.0998. The van der Waals surface area contributed by atoms with Gasteiger partial charge in [0.25, 0.3) is 0 Å². The second kappa shape index (κ2) is 7.28. The first kappa shape index (κ1) is 17.3. The van der Waals surface area contributed by atoms with E-state index in [1.165, 1.54) is 7.11 Å². The quantitative estimate of drug-likeness (QED) is 0.638. The van der Waals surface area contributed by atoms with Gasteiger partial charge in [0, 0.05) is 23.7 Å². The maximum Gasteiger partial charge on any atom is 0.229 e. The van der Waals surface area contributed by atoms with E-state index in [1.807, 2.05) is 20.8 Å². The van der Waals surface area contributed by atoms with E-state index in [2.05, 4.69) is 10.6 Å². The zero-order chi connectivity index (χ0) is 16.0. The van der Waals surface area contributed by atoms with Crippen molar-refractivity contribution in [1.82, 2.24) is 0 Å². The van der Waals surface area contributed by atoms with Crippen molar-refractivity contribution in [2.45, 2.75) is 26.9 Å². The lowest BCUT2D eigenvalue weighted by molar-refractivity contribution is -0.123. The smallest absolute Gasteiger partial charge is 0.229 e. The lowest BCUT2D eigenvalue weighted by Crippen LogP contribution is -2.27. The molecule has 118 valence electrons. The van der Waals surface area contributed by atoms with Crippen molar-refractivity contribution in [2.75, 3.05) is 30.9 Å². The van der Waals surface area contributed by atoms with Gasteiger partial charge in [0.1, 0.15) is 5.75 Å². The van der Waals surface area contributed by atoms with Crippen molar-refractivity contribution in [1.29, 1.82) is 0 Å². The number of methoxy groups -OCH3 is 1. The number of nitrogens with one attached hydrogen (secondary N) is 2. The Morgan fingerprint density at radius 2 is 2.05 bits per heavy atom. The van der Waals surface area contributed by atoms with Gasteiger partial charge >= 0.3 is 0 Å². The molecule has 1 amide bonds. The van der Waals surface area contributed by atoms with Crippen molar-refractivity contribution in [3.05, 3.63) is 18.2 Å².